The number of hydrogen-bond donors (Lipinski definition) is 6. The minimum Gasteiger partial charge on any atom is -0.360 e. The maximum Gasteiger partial charge on any atom is 1.00 e. The molecule has 0 heterocycles. The quantitative estimate of drug-likeness (QED) is 0.0301. The molecule has 0 atom stereocenters. The van der Waals surface area contributed by atoms with Crippen LogP contribution in [0.2, 0.25) is 0 Å². The molecule has 0 saturated heterocycles. The second-order valence-corrected chi connectivity index (χ2v) is 21.4. The van der Waals surface area contributed by atoms with Gasteiger partial charge in [0, 0.05) is 43.4 Å². The normalized spacial score (nSPS) is 11.6. The zero-order valence-corrected chi connectivity index (χ0v) is 55.6. The van der Waals surface area contributed by atoms with Crippen LogP contribution in [0.4, 0.5) is 22.7 Å². The molecular weight excluding hydrogens is 1210 g/mol. The van der Waals surface area contributed by atoms with E-state index in [0.717, 1.165) is 22.3 Å². The molecule has 0 bridgehead atoms. The maximum atomic E-state index is 13.7. The van der Waals surface area contributed by atoms with Gasteiger partial charge in [-0.05, 0) is 82.9 Å². The molecule has 2 amide bonds. The van der Waals surface area contributed by atoms with Crippen molar-refractivity contribution < 1.29 is 196 Å². The molecule has 30 heteroatoms. The number of amides is 2. The molecule has 22 nitrogen and oxygen atoms in total. The predicted molar refractivity (Wildman–Crippen MR) is 295 cm³/mol. The first-order chi connectivity index (χ1) is 37.9. The van der Waals surface area contributed by atoms with Gasteiger partial charge < -0.3 is 27.4 Å². The Hall–Kier alpha value is -5.38. The van der Waals surface area contributed by atoms with Crippen molar-refractivity contribution in [3.05, 3.63) is 193 Å². The SMILES string of the molecule is O=C(Nc1cccc2c(OS(=O)(=O)O)c3ccccc3c(OS(=O)(=O)O)c12)c1ccc(-c2ccc(N=Nc3ccc(-c4ccc(C(=O)Nc5cccc6c(OS(=O)(=O)O)c7ccccc7c(OS(=O)(=O)O)c56)cc4)cc3)cc2)cc1.[Na+].[Na+].[Na+].[Na+]. The van der Waals surface area contributed by atoms with Crippen molar-refractivity contribution in [1.82, 2.24) is 0 Å². The number of fused-ring (bicyclic) bond motifs is 4. The molecule has 0 aromatic heterocycles. The first-order valence-electron chi connectivity index (χ1n) is 23.0. The summed E-state index contributed by atoms with van der Waals surface area (Å²) in [5.74, 6) is -3.01. The van der Waals surface area contributed by atoms with Crippen LogP contribution in [-0.4, -0.2) is 63.7 Å². The molecule has 0 aliphatic carbocycles. The van der Waals surface area contributed by atoms with Crippen LogP contribution in [0.25, 0.3) is 65.3 Å². The zero-order chi connectivity index (χ0) is 56.7. The summed E-state index contributed by atoms with van der Waals surface area (Å²) in [4.78, 5) is 27.3. The fourth-order valence-electron chi connectivity index (χ4n) is 8.85. The molecular formula is C54H36N4Na4O18S4+4. The molecule has 0 aliphatic heterocycles. The van der Waals surface area contributed by atoms with Crippen molar-refractivity contribution in [2.24, 2.45) is 10.2 Å². The Labute approximate surface area is 568 Å². The molecule has 10 aromatic rings. The summed E-state index contributed by atoms with van der Waals surface area (Å²) in [6.07, 6.45) is 0. The minimum absolute atomic E-state index is 0. The average molecular weight is 1250 g/mol. The Kier molecular flexibility index (Phi) is 22.2. The van der Waals surface area contributed by atoms with Crippen LogP contribution in [0.1, 0.15) is 20.7 Å². The molecule has 0 saturated carbocycles. The summed E-state index contributed by atoms with van der Waals surface area (Å²) < 4.78 is 154. The fraction of sp³-hybridized carbons (Fsp3) is 0. The van der Waals surface area contributed by atoms with Crippen molar-refractivity contribution in [3.8, 4) is 45.3 Å². The van der Waals surface area contributed by atoms with Crippen molar-refractivity contribution in [2.45, 2.75) is 0 Å². The number of carbonyl (C=O) groups is 2. The van der Waals surface area contributed by atoms with E-state index in [2.05, 4.69) is 20.9 Å². The third-order valence-corrected chi connectivity index (χ3v) is 13.6. The maximum absolute atomic E-state index is 13.7. The number of nitrogens with one attached hydrogen (secondary N) is 2. The van der Waals surface area contributed by atoms with E-state index in [-0.39, 0.29) is 184 Å². The van der Waals surface area contributed by atoms with Gasteiger partial charge in [-0.15, -0.1) is 0 Å². The third-order valence-electron chi connectivity index (χ3n) is 12.1. The van der Waals surface area contributed by atoms with Gasteiger partial charge >= 0.3 is 160 Å². The number of benzene rings is 10. The second-order valence-electron chi connectivity index (χ2n) is 17.3. The average Bonchev–Trinajstić information content (AvgIpc) is 1.48. The topological polar surface area (TPSA) is 337 Å². The molecule has 404 valence electrons. The van der Waals surface area contributed by atoms with Crippen molar-refractivity contribution >= 4 is 119 Å². The Bertz CT molecular complexity index is 4390. The van der Waals surface area contributed by atoms with Gasteiger partial charge in [-0.3, -0.25) is 27.8 Å². The Balaban J connectivity index is 0.00000283. The second kappa shape index (κ2) is 27.5. The Morgan fingerprint density at radius 2 is 0.571 bits per heavy atom. The smallest absolute Gasteiger partial charge is 0.360 e. The van der Waals surface area contributed by atoms with E-state index in [0.29, 0.717) is 11.4 Å². The first kappa shape index (κ1) is 67.7. The number of rotatable bonds is 16. The van der Waals surface area contributed by atoms with Gasteiger partial charge in [0.15, 0.2) is 23.0 Å². The molecule has 10 aromatic carbocycles. The van der Waals surface area contributed by atoms with E-state index in [4.69, 9.17) is 16.7 Å². The summed E-state index contributed by atoms with van der Waals surface area (Å²) in [5, 5.41) is 13.5. The van der Waals surface area contributed by atoms with Crippen LogP contribution in [0.15, 0.2) is 192 Å². The molecule has 0 aliphatic rings. The number of nitrogens with zero attached hydrogens (tertiary/aromatic N) is 2. The van der Waals surface area contributed by atoms with E-state index in [1.165, 1.54) is 84.9 Å². The summed E-state index contributed by atoms with van der Waals surface area (Å²) in [5.41, 5.74) is 4.29. The van der Waals surface area contributed by atoms with Crippen molar-refractivity contribution in [3.63, 3.8) is 0 Å². The number of hydrogen-bond acceptors (Lipinski definition) is 16. The third kappa shape index (κ3) is 16.0. The van der Waals surface area contributed by atoms with E-state index in [1.807, 2.05) is 0 Å². The summed E-state index contributed by atoms with van der Waals surface area (Å²) >= 11 is 0. The number of anilines is 2. The fourth-order valence-corrected chi connectivity index (χ4v) is 10.4. The van der Waals surface area contributed by atoms with Gasteiger partial charge in [-0.25, -0.2) is 0 Å². The van der Waals surface area contributed by atoms with Gasteiger partial charge in [0.1, 0.15) is 0 Å². The van der Waals surface area contributed by atoms with Crippen molar-refractivity contribution in [1.29, 1.82) is 0 Å². The Morgan fingerprint density at radius 3 is 0.857 bits per heavy atom. The summed E-state index contributed by atoms with van der Waals surface area (Å²) in [6.45, 7) is 0. The van der Waals surface area contributed by atoms with Crippen LogP contribution in [0.5, 0.6) is 23.0 Å². The van der Waals surface area contributed by atoms with Crippen LogP contribution in [-0.2, 0) is 41.6 Å². The van der Waals surface area contributed by atoms with E-state index >= 15 is 0 Å². The van der Waals surface area contributed by atoms with E-state index in [1.54, 1.807) is 97.1 Å². The molecule has 6 N–H and O–H groups in total. The first-order valence-corrected chi connectivity index (χ1v) is 28.5. The van der Waals surface area contributed by atoms with Crippen LogP contribution in [0, 0.1) is 0 Å². The molecule has 0 spiro atoms. The molecule has 0 fully saturated rings. The van der Waals surface area contributed by atoms with Gasteiger partial charge in [0.05, 0.1) is 33.5 Å². The van der Waals surface area contributed by atoms with E-state index in [9.17, 15) is 61.5 Å². The molecule has 84 heavy (non-hydrogen) atoms. The van der Waals surface area contributed by atoms with Gasteiger partial charge in [-0.2, -0.15) is 43.9 Å². The molecule has 0 unspecified atom stereocenters. The van der Waals surface area contributed by atoms with Crippen LogP contribution in [0.3, 0.4) is 0 Å². The van der Waals surface area contributed by atoms with E-state index < -0.39 is 76.4 Å². The van der Waals surface area contributed by atoms with Gasteiger partial charge in [-0.1, -0.05) is 121 Å². The van der Waals surface area contributed by atoms with Gasteiger partial charge in [0.2, 0.25) is 0 Å². The zero-order valence-electron chi connectivity index (χ0n) is 44.4. The molecule has 0 radical (unpaired) electrons. The van der Waals surface area contributed by atoms with Gasteiger partial charge in [0.25, 0.3) is 11.8 Å². The van der Waals surface area contributed by atoms with Crippen LogP contribution < -0.4 is 146 Å². The standard InChI is InChI=1S/C54H36N4O18S4.4Na/c59-53(55-45-13-5-11-43-47(45)51(75-79(67,68)69)41-9-3-1-7-39(41)49(43)73-77(61,62)63)35-19-15-31(16-20-35)33-23-27-37(28-24-33)57-58-38-29-25-34(26-30-38)32-17-21-36(22-18-32)54(60)56-46-14-6-12-44-48(46)52(76-80(70,71)72)42-10-4-2-8-40(42)50(44)74-78(64,65)66;;;;/h1-30H,(H,55,59)(H,56,60)(H,61,62,63)(H,64,65,66)(H,67,68,69)(H,70,71,72);;;;/q;4*+1. The summed E-state index contributed by atoms with van der Waals surface area (Å²) in [7, 11) is -20.5. The number of carbonyl (C=O) groups excluding carboxylic acids is 2. The summed E-state index contributed by atoms with van der Waals surface area (Å²) in [6, 6.07) is 46.9. The Morgan fingerprint density at radius 1 is 0.321 bits per heavy atom. The minimum atomic E-state index is -5.16. The predicted octanol–water partition coefficient (Wildman–Crippen LogP) is -0.704. The van der Waals surface area contributed by atoms with Crippen molar-refractivity contribution in [2.75, 3.05) is 10.6 Å². The monoisotopic (exact) mass is 1250 g/mol. The largest absolute Gasteiger partial charge is 1.00 e. The van der Waals surface area contributed by atoms with Crippen LogP contribution >= 0.6 is 0 Å². The molecule has 10 rings (SSSR count). The number of azo groups is 1.